The molecule has 0 amide bonds. The van der Waals surface area contributed by atoms with Crippen LogP contribution in [0, 0.1) is 35.9 Å². The number of rotatable bonds is 2. The van der Waals surface area contributed by atoms with Gasteiger partial charge >= 0.3 is 0 Å². The average molecular weight is 273 g/mol. The fourth-order valence-corrected chi connectivity index (χ4v) is 5.77. The first-order valence-electron chi connectivity index (χ1n) is 8.07. The van der Waals surface area contributed by atoms with E-state index in [4.69, 9.17) is 5.73 Å². The van der Waals surface area contributed by atoms with Crippen LogP contribution in [0.25, 0.3) is 0 Å². The lowest BCUT2D eigenvalue weighted by Gasteiger charge is -2.59. The largest absolute Gasteiger partial charge is 0.323 e. The molecular formula is C18H24FN. The van der Waals surface area contributed by atoms with Crippen molar-refractivity contribution in [3.05, 3.63) is 35.1 Å². The van der Waals surface area contributed by atoms with Gasteiger partial charge in [-0.25, -0.2) is 4.39 Å². The molecule has 4 aliphatic rings. The van der Waals surface area contributed by atoms with Crippen LogP contribution < -0.4 is 5.73 Å². The molecule has 108 valence electrons. The predicted octanol–water partition coefficient (Wildman–Crippen LogP) is 4.35. The monoisotopic (exact) mass is 273 g/mol. The third kappa shape index (κ3) is 1.84. The van der Waals surface area contributed by atoms with E-state index in [1.807, 2.05) is 19.1 Å². The van der Waals surface area contributed by atoms with E-state index in [0.29, 0.717) is 5.41 Å². The summed E-state index contributed by atoms with van der Waals surface area (Å²) in [6.07, 6.45) is 8.22. The third-order valence-corrected chi connectivity index (χ3v) is 6.29. The molecule has 4 bridgehead atoms. The van der Waals surface area contributed by atoms with Gasteiger partial charge in [-0.05, 0) is 85.8 Å². The predicted molar refractivity (Wildman–Crippen MR) is 78.7 cm³/mol. The van der Waals surface area contributed by atoms with E-state index in [9.17, 15) is 4.39 Å². The van der Waals surface area contributed by atoms with Gasteiger partial charge in [-0.1, -0.05) is 12.1 Å². The van der Waals surface area contributed by atoms with Crippen LogP contribution in [0.2, 0.25) is 0 Å². The third-order valence-electron chi connectivity index (χ3n) is 6.29. The highest BCUT2D eigenvalue weighted by molar-refractivity contribution is 5.28. The number of aryl methyl sites for hydroxylation is 1. The molecule has 5 rings (SSSR count). The maximum Gasteiger partial charge on any atom is 0.126 e. The fourth-order valence-electron chi connectivity index (χ4n) is 5.77. The molecule has 0 aromatic heterocycles. The molecule has 1 aromatic rings. The Morgan fingerprint density at radius 1 is 1.10 bits per heavy atom. The summed E-state index contributed by atoms with van der Waals surface area (Å²) >= 11 is 0. The molecule has 0 heterocycles. The minimum Gasteiger partial charge on any atom is -0.323 e. The van der Waals surface area contributed by atoms with Crippen molar-refractivity contribution in [3.8, 4) is 0 Å². The molecule has 1 nitrogen and oxygen atoms in total. The van der Waals surface area contributed by atoms with Gasteiger partial charge in [0, 0.05) is 6.04 Å². The van der Waals surface area contributed by atoms with Crippen LogP contribution in [0.3, 0.4) is 0 Å². The van der Waals surface area contributed by atoms with Crippen LogP contribution in [0.15, 0.2) is 18.2 Å². The lowest BCUT2D eigenvalue weighted by Crippen LogP contribution is -2.50. The van der Waals surface area contributed by atoms with Crippen LogP contribution in [0.1, 0.15) is 55.7 Å². The number of halogens is 1. The lowest BCUT2D eigenvalue weighted by atomic mass is 9.47. The summed E-state index contributed by atoms with van der Waals surface area (Å²) < 4.78 is 13.5. The Morgan fingerprint density at radius 3 is 2.15 bits per heavy atom. The van der Waals surface area contributed by atoms with Crippen LogP contribution in [-0.4, -0.2) is 0 Å². The van der Waals surface area contributed by atoms with E-state index in [-0.39, 0.29) is 11.9 Å². The van der Waals surface area contributed by atoms with Gasteiger partial charge in [0.2, 0.25) is 0 Å². The van der Waals surface area contributed by atoms with E-state index in [2.05, 4.69) is 0 Å². The van der Waals surface area contributed by atoms with Crippen molar-refractivity contribution >= 4 is 0 Å². The number of hydrogen-bond acceptors (Lipinski definition) is 1. The van der Waals surface area contributed by atoms with Crippen LogP contribution >= 0.6 is 0 Å². The summed E-state index contributed by atoms with van der Waals surface area (Å²) in [5.74, 6) is 2.61. The summed E-state index contributed by atoms with van der Waals surface area (Å²) in [6.45, 7) is 1.84. The Kier molecular flexibility index (Phi) is 2.76. The zero-order valence-corrected chi connectivity index (χ0v) is 12.2. The van der Waals surface area contributed by atoms with Crippen LogP contribution in [0.5, 0.6) is 0 Å². The first-order chi connectivity index (χ1) is 9.56. The second kappa shape index (κ2) is 4.30. The Labute approximate surface area is 120 Å². The molecule has 0 aliphatic heterocycles. The van der Waals surface area contributed by atoms with Crippen molar-refractivity contribution in [1.82, 2.24) is 0 Å². The fraction of sp³-hybridized carbons (Fsp3) is 0.667. The Balaban J connectivity index is 1.67. The molecular weight excluding hydrogens is 249 g/mol. The molecule has 1 unspecified atom stereocenters. The Hall–Kier alpha value is -0.890. The van der Waals surface area contributed by atoms with Crippen molar-refractivity contribution in [2.24, 2.45) is 28.9 Å². The molecule has 20 heavy (non-hydrogen) atoms. The normalized spacial score (nSPS) is 40.0. The van der Waals surface area contributed by atoms with Gasteiger partial charge in [-0.2, -0.15) is 0 Å². The van der Waals surface area contributed by atoms with Crippen molar-refractivity contribution in [2.45, 2.75) is 51.5 Å². The van der Waals surface area contributed by atoms with Crippen LogP contribution in [0.4, 0.5) is 4.39 Å². The highest BCUT2D eigenvalue weighted by Crippen LogP contribution is 2.63. The lowest BCUT2D eigenvalue weighted by molar-refractivity contribution is -0.0677. The maximum atomic E-state index is 13.5. The highest BCUT2D eigenvalue weighted by atomic mass is 19.1. The van der Waals surface area contributed by atoms with Crippen molar-refractivity contribution in [1.29, 1.82) is 0 Å². The van der Waals surface area contributed by atoms with E-state index < -0.39 is 0 Å². The second-order valence-electron chi connectivity index (χ2n) is 7.77. The number of nitrogens with two attached hydrogens (primary N) is 1. The summed E-state index contributed by atoms with van der Waals surface area (Å²) in [7, 11) is 0. The van der Waals surface area contributed by atoms with E-state index >= 15 is 0 Å². The number of hydrogen-bond donors (Lipinski definition) is 1. The summed E-state index contributed by atoms with van der Waals surface area (Å²) in [6, 6.07) is 5.56. The quantitative estimate of drug-likeness (QED) is 0.851. The van der Waals surface area contributed by atoms with Crippen molar-refractivity contribution in [3.63, 3.8) is 0 Å². The molecule has 0 saturated heterocycles. The maximum absolute atomic E-state index is 13.5. The second-order valence-corrected chi connectivity index (χ2v) is 7.77. The van der Waals surface area contributed by atoms with Gasteiger partial charge in [-0.3, -0.25) is 0 Å². The van der Waals surface area contributed by atoms with E-state index in [0.717, 1.165) is 28.9 Å². The molecule has 2 heteroatoms. The molecule has 4 aliphatic carbocycles. The molecule has 4 fully saturated rings. The van der Waals surface area contributed by atoms with Crippen LogP contribution in [-0.2, 0) is 0 Å². The summed E-state index contributed by atoms with van der Waals surface area (Å²) in [4.78, 5) is 0. The van der Waals surface area contributed by atoms with E-state index in [1.165, 1.54) is 38.5 Å². The number of benzene rings is 1. The van der Waals surface area contributed by atoms with Gasteiger partial charge < -0.3 is 5.73 Å². The van der Waals surface area contributed by atoms with Crippen molar-refractivity contribution < 1.29 is 4.39 Å². The first-order valence-corrected chi connectivity index (χ1v) is 8.07. The van der Waals surface area contributed by atoms with Gasteiger partial charge in [0.1, 0.15) is 5.82 Å². The summed E-state index contributed by atoms with van der Waals surface area (Å²) in [5, 5.41) is 0. The first kappa shape index (κ1) is 12.8. The Morgan fingerprint density at radius 2 is 1.65 bits per heavy atom. The van der Waals surface area contributed by atoms with E-state index in [1.54, 1.807) is 6.07 Å². The molecule has 2 N–H and O–H groups in total. The Bertz CT molecular complexity index is 501. The van der Waals surface area contributed by atoms with Gasteiger partial charge in [0.05, 0.1) is 0 Å². The molecule has 0 spiro atoms. The smallest absolute Gasteiger partial charge is 0.126 e. The zero-order chi connectivity index (χ0) is 13.9. The average Bonchev–Trinajstić information content (AvgIpc) is 2.39. The zero-order valence-electron chi connectivity index (χ0n) is 12.2. The highest BCUT2D eigenvalue weighted by Gasteiger charge is 2.53. The van der Waals surface area contributed by atoms with Gasteiger partial charge in [0.15, 0.2) is 0 Å². The molecule has 0 radical (unpaired) electrons. The molecule has 1 aromatic carbocycles. The van der Waals surface area contributed by atoms with Gasteiger partial charge in [-0.15, -0.1) is 0 Å². The van der Waals surface area contributed by atoms with Crippen molar-refractivity contribution in [2.75, 3.05) is 0 Å². The van der Waals surface area contributed by atoms with Gasteiger partial charge in [0.25, 0.3) is 0 Å². The molecule has 1 atom stereocenters. The topological polar surface area (TPSA) is 26.0 Å². The minimum atomic E-state index is -0.119. The standard InChI is InChI=1S/C18H24FN/c1-11-4-15(2-3-16(11)19)17(20)18-8-12-5-13(9-18)7-14(6-12)10-18/h2-4,12-14,17H,5-10,20H2,1H3. The minimum absolute atomic E-state index is 0.0928. The summed E-state index contributed by atoms with van der Waals surface area (Å²) in [5.41, 5.74) is 8.86. The SMILES string of the molecule is Cc1cc(C(N)C23CC4CC(CC(C4)C2)C3)ccc1F. The molecule has 4 saturated carbocycles.